The van der Waals surface area contributed by atoms with Crippen molar-refractivity contribution in [1.82, 2.24) is 9.97 Å². The van der Waals surface area contributed by atoms with Gasteiger partial charge in [0.2, 0.25) is 0 Å². The van der Waals surface area contributed by atoms with Crippen LogP contribution in [0.15, 0.2) is 40.3 Å². The van der Waals surface area contributed by atoms with Crippen molar-refractivity contribution in [3.63, 3.8) is 0 Å². The number of hydrogen-bond acceptors (Lipinski definition) is 5. The first-order valence-corrected chi connectivity index (χ1v) is 7.23. The molecule has 1 aromatic carbocycles. The number of nitrogens with zero attached hydrogens (tertiary/aromatic N) is 2. The van der Waals surface area contributed by atoms with Crippen molar-refractivity contribution in [2.24, 2.45) is 5.84 Å². The van der Waals surface area contributed by atoms with E-state index in [0.717, 1.165) is 33.6 Å². The van der Waals surface area contributed by atoms with Crippen LogP contribution < -0.4 is 11.3 Å². The second-order valence-corrected chi connectivity index (χ2v) is 5.87. The first kappa shape index (κ1) is 12.7. The maximum atomic E-state index is 6.16. The van der Waals surface area contributed by atoms with Gasteiger partial charge in [-0.05, 0) is 25.0 Å². The van der Waals surface area contributed by atoms with Crippen LogP contribution in [0.2, 0.25) is 5.02 Å². The second-order valence-electron chi connectivity index (χ2n) is 4.40. The Balaban J connectivity index is 1.91. The zero-order chi connectivity index (χ0) is 13.2. The van der Waals surface area contributed by atoms with E-state index >= 15 is 0 Å². The van der Waals surface area contributed by atoms with Gasteiger partial charge in [0.15, 0.2) is 0 Å². The fourth-order valence-corrected chi connectivity index (χ4v) is 2.83. The topological polar surface area (TPSA) is 63.8 Å². The third-order valence-electron chi connectivity index (χ3n) is 2.86. The van der Waals surface area contributed by atoms with Crippen molar-refractivity contribution in [1.29, 1.82) is 0 Å². The fraction of sp³-hybridized carbons (Fsp3) is 0.231. The molecule has 0 atom stereocenters. The molecule has 19 heavy (non-hydrogen) atoms. The number of nitrogens with one attached hydrogen (secondary N) is 1. The summed E-state index contributed by atoms with van der Waals surface area (Å²) in [5.41, 5.74) is 2.59. The van der Waals surface area contributed by atoms with Gasteiger partial charge in [-0.1, -0.05) is 35.5 Å². The number of nitrogens with two attached hydrogens (primary N) is 1. The van der Waals surface area contributed by atoms with Gasteiger partial charge in [0.05, 0.1) is 5.02 Å². The van der Waals surface area contributed by atoms with Gasteiger partial charge in [0.1, 0.15) is 16.7 Å². The van der Waals surface area contributed by atoms with Crippen LogP contribution in [-0.4, -0.2) is 9.97 Å². The van der Waals surface area contributed by atoms with Crippen molar-refractivity contribution in [2.45, 2.75) is 28.7 Å². The van der Waals surface area contributed by atoms with E-state index in [4.69, 9.17) is 17.4 Å². The maximum absolute atomic E-state index is 6.16. The minimum Gasteiger partial charge on any atom is -0.308 e. The summed E-state index contributed by atoms with van der Waals surface area (Å²) in [7, 11) is 0. The molecular formula is C13H13ClN4S. The van der Waals surface area contributed by atoms with E-state index < -0.39 is 0 Å². The van der Waals surface area contributed by atoms with Crippen molar-refractivity contribution in [3.8, 4) is 0 Å². The largest absolute Gasteiger partial charge is 0.308 e. The molecule has 3 N–H and O–H groups in total. The molecule has 0 unspecified atom stereocenters. The molecule has 1 heterocycles. The average molecular weight is 293 g/mol. The predicted molar refractivity (Wildman–Crippen MR) is 77.4 cm³/mol. The van der Waals surface area contributed by atoms with E-state index in [1.54, 1.807) is 0 Å². The van der Waals surface area contributed by atoms with E-state index in [9.17, 15) is 0 Å². The molecular weight excluding hydrogens is 280 g/mol. The molecule has 1 aliphatic rings. The van der Waals surface area contributed by atoms with Gasteiger partial charge in [-0.2, -0.15) is 0 Å². The molecule has 0 saturated heterocycles. The molecule has 1 aliphatic carbocycles. The molecule has 0 radical (unpaired) electrons. The number of halogens is 1. The smallest absolute Gasteiger partial charge is 0.144 e. The lowest BCUT2D eigenvalue weighted by Crippen LogP contribution is -2.10. The summed E-state index contributed by atoms with van der Waals surface area (Å²) in [5, 5.41) is 1.58. The van der Waals surface area contributed by atoms with Crippen molar-refractivity contribution in [2.75, 3.05) is 5.43 Å². The first-order valence-electron chi connectivity index (χ1n) is 6.04. The van der Waals surface area contributed by atoms with Gasteiger partial charge in [-0.15, -0.1) is 0 Å². The highest BCUT2D eigenvalue weighted by molar-refractivity contribution is 7.99. The molecule has 2 aromatic rings. The summed E-state index contributed by atoms with van der Waals surface area (Å²) in [4.78, 5) is 9.94. The normalized spacial score (nSPS) is 14.4. The van der Waals surface area contributed by atoms with E-state index in [2.05, 4.69) is 15.4 Å². The highest BCUT2D eigenvalue weighted by Gasteiger charge is 2.27. The summed E-state index contributed by atoms with van der Waals surface area (Å²) >= 11 is 7.68. The Morgan fingerprint density at radius 2 is 2.05 bits per heavy atom. The quantitative estimate of drug-likeness (QED) is 0.513. The second kappa shape index (κ2) is 5.36. The van der Waals surface area contributed by atoms with Gasteiger partial charge in [0.25, 0.3) is 0 Å². The average Bonchev–Trinajstić information content (AvgIpc) is 3.25. The van der Waals surface area contributed by atoms with Gasteiger partial charge in [0, 0.05) is 16.9 Å². The third kappa shape index (κ3) is 3.00. The first-order chi connectivity index (χ1) is 9.26. The van der Waals surface area contributed by atoms with E-state index in [1.165, 1.54) is 11.8 Å². The summed E-state index contributed by atoms with van der Waals surface area (Å²) in [6.45, 7) is 0. The van der Waals surface area contributed by atoms with Crippen LogP contribution in [0.5, 0.6) is 0 Å². The summed E-state index contributed by atoms with van der Waals surface area (Å²) < 4.78 is 0. The maximum Gasteiger partial charge on any atom is 0.144 e. The Morgan fingerprint density at radius 3 is 2.74 bits per heavy atom. The van der Waals surface area contributed by atoms with E-state index in [1.807, 2.05) is 30.3 Å². The zero-order valence-corrected chi connectivity index (χ0v) is 11.7. The molecule has 1 saturated carbocycles. The minimum atomic E-state index is 0.485. The molecule has 1 aromatic heterocycles. The number of hydrogen-bond donors (Lipinski definition) is 2. The van der Waals surface area contributed by atoms with E-state index in [-0.39, 0.29) is 0 Å². The molecule has 0 bridgehead atoms. The van der Waals surface area contributed by atoms with Crippen LogP contribution in [0.4, 0.5) is 5.82 Å². The standard InChI is InChI=1S/C13H13ClN4S/c14-9-3-1-2-4-10(9)19-12-7-11(18-15)16-13(17-12)8-5-6-8/h1-4,7-8H,5-6,15H2,(H,16,17,18). The number of anilines is 1. The lowest BCUT2D eigenvalue weighted by Gasteiger charge is -2.07. The fourth-order valence-electron chi connectivity index (χ4n) is 1.73. The Labute approximate surface area is 120 Å². The van der Waals surface area contributed by atoms with Gasteiger partial charge in [-0.3, -0.25) is 0 Å². The molecule has 0 amide bonds. The van der Waals surface area contributed by atoms with Crippen LogP contribution in [-0.2, 0) is 0 Å². The molecule has 0 aliphatic heterocycles. The van der Waals surface area contributed by atoms with Gasteiger partial charge in [-0.25, -0.2) is 15.8 Å². The molecule has 0 spiro atoms. The molecule has 1 fully saturated rings. The van der Waals surface area contributed by atoms with Gasteiger partial charge >= 0.3 is 0 Å². The molecule has 6 heteroatoms. The Bertz CT molecular complexity index is 601. The van der Waals surface area contributed by atoms with Crippen LogP contribution in [0.1, 0.15) is 24.6 Å². The van der Waals surface area contributed by atoms with Crippen LogP contribution in [0.3, 0.4) is 0 Å². The summed E-state index contributed by atoms with van der Waals surface area (Å²) in [5.74, 6) is 7.45. The van der Waals surface area contributed by atoms with Crippen LogP contribution in [0, 0.1) is 0 Å². The lowest BCUT2D eigenvalue weighted by molar-refractivity contribution is 0.878. The Morgan fingerprint density at radius 1 is 1.26 bits per heavy atom. The van der Waals surface area contributed by atoms with Gasteiger partial charge < -0.3 is 5.43 Å². The Hall–Kier alpha value is -1.30. The lowest BCUT2D eigenvalue weighted by atomic mass is 10.4. The van der Waals surface area contributed by atoms with Crippen LogP contribution in [0.25, 0.3) is 0 Å². The summed E-state index contributed by atoms with van der Waals surface area (Å²) in [6.07, 6.45) is 2.31. The van der Waals surface area contributed by atoms with Crippen molar-refractivity contribution >= 4 is 29.2 Å². The summed E-state index contributed by atoms with van der Waals surface area (Å²) in [6, 6.07) is 9.55. The molecule has 4 nitrogen and oxygen atoms in total. The number of nitrogen functional groups attached to an aromatic ring is 1. The van der Waals surface area contributed by atoms with Crippen molar-refractivity contribution < 1.29 is 0 Å². The van der Waals surface area contributed by atoms with Crippen molar-refractivity contribution in [3.05, 3.63) is 41.2 Å². The highest BCUT2D eigenvalue weighted by Crippen LogP contribution is 2.40. The third-order valence-corrected chi connectivity index (χ3v) is 4.30. The zero-order valence-electron chi connectivity index (χ0n) is 10.1. The number of aromatic nitrogens is 2. The monoisotopic (exact) mass is 292 g/mol. The van der Waals surface area contributed by atoms with Crippen LogP contribution >= 0.6 is 23.4 Å². The minimum absolute atomic E-state index is 0.485. The Kier molecular flexibility index (Phi) is 3.59. The number of hydrazine groups is 1. The molecule has 3 rings (SSSR count). The number of benzene rings is 1. The predicted octanol–water partition coefficient (Wildman–Crippen LogP) is 3.44. The highest BCUT2D eigenvalue weighted by atomic mass is 35.5. The molecule has 98 valence electrons. The number of rotatable bonds is 4. The van der Waals surface area contributed by atoms with E-state index in [0.29, 0.717) is 11.7 Å². The SMILES string of the molecule is NNc1cc(Sc2ccccc2Cl)nc(C2CC2)n1.